The summed E-state index contributed by atoms with van der Waals surface area (Å²) < 4.78 is 8.34. The second kappa shape index (κ2) is 5.85. The van der Waals surface area contributed by atoms with Gasteiger partial charge in [-0.1, -0.05) is 22.0 Å². The largest absolute Gasteiger partial charge is 0.493 e. The van der Waals surface area contributed by atoms with Crippen molar-refractivity contribution in [2.75, 3.05) is 6.61 Å². The van der Waals surface area contributed by atoms with Gasteiger partial charge in [-0.25, -0.2) is 4.79 Å². The highest BCUT2D eigenvalue weighted by Crippen LogP contribution is 2.37. The normalized spacial score (nSPS) is 10.8. The molecule has 2 aromatic heterocycles. The van der Waals surface area contributed by atoms with Gasteiger partial charge in [0.15, 0.2) is 0 Å². The van der Waals surface area contributed by atoms with Crippen molar-refractivity contribution >= 4 is 27.4 Å². The predicted octanol–water partition coefficient (Wildman–Crippen LogP) is 4.47. The second-order valence-corrected chi connectivity index (χ2v) is 5.71. The Balaban J connectivity index is 2.32. The monoisotopic (exact) mass is 359 g/mol. The molecule has 0 aliphatic carbocycles. The Morgan fingerprint density at radius 3 is 2.82 bits per heavy atom. The molecule has 0 spiro atoms. The molecule has 0 unspecified atom stereocenters. The van der Waals surface area contributed by atoms with Crippen LogP contribution in [0.3, 0.4) is 0 Å². The van der Waals surface area contributed by atoms with E-state index in [1.165, 1.54) is 0 Å². The van der Waals surface area contributed by atoms with E-state index in [-0.39, 0.29) is 5.56 Å². The maximum atomic E-state index is 11.8. The molecule has 0 saturated carbocycles. The third-order valence-electron chi connectivity index (χ3n) is 3.43. The van der Waals surface area contributed by atoms with Gasteiger partial charge in [-0.05, 0) is 37.3 Å². The van der Waals surface area contributed by atoms with Crippen LogP contribution < -0.4 is 4.74 Å². The van der Waals surface area contributed by atoms with E-state index in [2.05, 4.69) is 15.9 Å². The van der Waals surface area contributed by atoms with E-state index in [1.807, 2.05) is 54.0 Å². The number of aromatic carboxylic acids is 1. The number of nitrogens with zero attached hydrogens (tertiary/aromatic N) is 1. The zero-order valence-corrected chi connectivity index (χ0v) is 13.5. The van der Waals surface area contributed by atoms with Gasteiger partial charge in [-0.15, -0.1) is 0 Å². The van der Waals surface area contributed by atoms with E-state index in [4.69, 9.17) is 4.74 Å². The molecule has 5 heteroatoms. The number of ether oxygens (including phenoxy) is 1. The fraction of sp³-hybridized carbons (Fsp3) is 0.118. The average Bonchev–Trinajstić information content (AvgIpc) is 2.88. The number of carboxylic acid groups (broad SMARTS) is 1. The third kappa shape index (κ3) is 2.48. The van der Waals surface area contributed by atoms with E-state index in [9.17, 15) is 9.90 Å². The fourth-order valence-corrected chi connectivity index (χ4v) is 2.91. The minimum atomic E-state index is -0.953. The van der Waals surface area contributed by atoms with Crippen LogP contribution >= 0.6 is 15.9 Å². The first kappa shape index (κ1) is 14.7. The Morgan fingerprint density at radius 2 is 2.09 bits per heavy atom. The number of halogens is 1. The summed E-state index contributed by atoms with van der Waals surface area (Å²) in [6, 6.07) is 11.1. The minimum absolute atomic E-state index is 0.277. The molecule has 0 amide bonds. The Morgan fingerprint density at radius 1 is 1.27 bits per heavy atom. The zero-order valence-electron chi connectivity index (χ0n) is 11.9. The van der Waals surface area contributed by atoms with E-state index in [1.54, 1.807) is 6.07 Å². The molecule has 0 aliphatic rings. The van der Waals surface area contributed by atoms with Gasteiger partial charge < -0.3 is 14.2 Å². The number of pyridine rings is 1. The Hall–Kier alpha value is -2.27. The number of benzene rings is 1. The number of hydrogen-bond donors (Lipinski definition) is 1. The molecular formula is C17H14BrNO3. The van der Waals surface area contributed by atoms with Crippen LogP contribution in [0.25, 0.3) is 16.6 Å². The van der Waals surface area contributed by atoms with Gasteiger partial charge in [0.2, 0.25) is 0 Å². The number of carbonyl (C=O) groups is 1. The van der Waals surface area contributed by atoms with E-state index in [0.717, 1.165) is 10.0 Å². The van der Waals surface area contributed by atoms with E-state index >= 15 is 0 Å². The number of carboxylic acids is 1. The van der Waals surface area contributed by atoms with Gasteiger partial charge >= 0.3 is 5.97 Å². The minimum Gasteiger partial charge on any atom is -0.493 e. The highest BCUT2D eigenvalue weighted by atomic mass is 79.9. The van der Waals surface area contributed by atoms with Crippen molar-refractivity contribution in [2.24, 2.45) is 0 Å². The summed E-state index contributed by atoms with van der Waals surface area (Å²) >= 11 is 3.44. The van der Waals surface area contributed by atoms with Crippen LogP contribution in [0, 0.1) is 0 Å². The van der Waals surface area contributed by atoms with Gasteiger partial charge in [0, 0.05) is 28.0 Å². The van der Waals surface area contributed by atoms with Crippen LogP contribution in [0.1, 0.15) is 17.3 Å². The number of rotatable bonds is 4. The van der Waals surface area contributed by atoms with Crippen molar-refractivity contribution in [1.82, 2.24) is 4.40 Å². The SMILES string of the molecule is CCOc1ccc(Br)cc1-c1cn2ccccc2c1C(=O)O. The van der Waals surface area contributed by atoms with Crippen LogP contribution in [0.4, 0.5) is 0 Å². The molecule has 0 bridgehead atoms. The van der Waals surface area contributed by atoms with Gasteiger partial charge in [-0.3, -0.25) is 0 Å². The molecule has 112 valence electrons. The first-order valence-electron chi connectivity index (χ1n) is 6.87. The van der Waals surface area contributed by atoms with Crippen molar-refractivity contribution in [3.05, 3.63) is 58.8 Å². The first-order chi connectivity index (χ1) is 10.6. The molecule has 0 saturated heterocycles. The van der Waals surface area contributed by atoms with Crippen LogP contribution in [0.5, 0.6) is 5.75 Å². The standard InChI is InChI=1S/C17H14BrNO3/c1-2-22-15-7-6-11(18)9-12(15)13-10-19-8-4-3-5-14(19)16(13)17(20)21/h3-10H,2H2,1H3,(H,20,21). The highest BCUT2D eigenvalue weighted by Gasteiger charge is 2.20. The fourth-order valence-electron chi connectivity index (χ4n) is 2.55. The van der Waals surface area contributed by atoms with Gasteiger partial charge in [0.1, 0.15) is 5.75 Å². The summed E-state index contributed by atoms with van der Waals surface area (Å²) in [5, 5.41) is 9.64. The van der Waals surface area contributed by atoms with Crippen molar-refractivity contribution < 1.29 is 14.6 Å². The Labute approximate surface area is 136 Å². The number of fused-ring (bicyclic) bond motifs is 1. The molecule has 2 heterocycles. The van der Waals surface area contributed by atoms with Crippen LogP contribution in [-0.2, 0) is 0 Å². The summed E-state index contributed by atoms with van der Waals surface area (Å²) in [7, 11) is 0. The van der Waals surface area contributed by atoms with Crippen LogP contribution in [0.2, 0.25) is 0 Å². The Kier molecular flexibility index (Phi) is 3.90. The molecule has 0 aliphatic heterocycles. The molecule has 1 aromatic carbocycles. The topological polar surface area (TPSA) is 50.9 Å². The molecule has 3 rings (SSSR count). The third-order valence-corrected chi connectivity index (χ3v) is 3.92. The highest BCUT2D eigenvalue weighted by molar-refractivity contribution is 9.10. The second-order valence-electron chi connectivity index (χ2n) is 4.79. The lowest BCUT2D eigenvalue weighted by Gasteiger charge is -2.10. The maximum Gasteiger partial charge on any atom is 0.338 e. The van der Waals surface area contributed by atoms with E-state index in [0.29, 0.717) is 23.4 Å². The number of hydrogen-bond acceptors (Lipinski definition) is 2. The molecule has 22 heavy (non-hydrogen) atoms. The van der Waals surface area contributed by atoms with Crippen molar-refractivity contribution in [3.63, 3.8) is 0 Å². The quantitative estimate of drug-likeness (QED) is 0.747. The van der Waals surface area contributed by atoms with E-state index < -0.39 is 5.97 Å². The summed E-state index contributed by atoms with van der Waals surface area (Å²) in [5.74, 6) is -0.282. The molecule has 0 atom stereocenters. The van der Waals surface area contributed by atoms with Crippen molar-refractivity contribution in [1.29, 1.82) is 0 Å². The average molecular weight is 360 g/mol. The van der Waals surface area contributed by atoms with Gasteiger partial charge in [0.25, 0.3) is 0 Å². The lowest BCUT2D eigenvalue weighted by atomic mass is 10.0. The van der Waals surface area contributed by atoms with Crippen LogP contribution in [0.15, 0.2) is 53.3 Å². The summed E-state index contributed by atoms with van der Waals surface area (Å²) in [6.07, 6.45) is 3.66. The molecule has 0 radical (unpaired) electrons. The Bertz CT molecular complexity index is 854. The van der Waals surface area contributed by atoms with Crippen LogP contribution in [-0.4, -0.2) is 22.1 Å². The van der Waals surface area contributed by atoms with Gasteiger partial charge in [-0.2, -0.15) is 0 Å². The van der Waals surface area contributed by atoms with Crippen molar-refractivity contribution in [3.8, 4) is 16.9 Å². The predicted molar refractivity (Wildman–Crippen MR) is 88.7 cm³/mol. The maximum absolute atomic E-state index is 11.8. The molecular weight excluding hydrogens is 346 g/mol. The number of aromatic nitrogens is 1. The zero-order chi connectivity index (χ0) is 15.7. The summed E-state index contributed by atoms with van der Waals surface area (Å²) in [6.45, 7) is 2.42. The lowest BCUT2D eigenvalue weighted by Crippen LogP contribution is -1.99. The molecule has 3 aromatic rings. The van der Waals surface area contributed by atoms with Gasteiger partial charge in [0.05, 0.1) is 17.7 Å². The van der Waals surface area contributed by atoms with Crippen molar-refractivity contribution in [2.45, 2.75) is 6.92 Å². The molecule has 1 N–H and O–H groups in total. The summed E-state index contributed by atoms with van der Waals surface area (Å²) in [5.41, 5.74) is 2.34. The molecule has 4 nitrogen and oxygen atoms in total. The lowest BCUT2D eigenvalue weighted by molar-refractivity contribution is 0.0700. The smallest absolute Gasteiger partial charge is 0.338 e. The molecule has 0 fully saturated rings. The summed E-state index contributed by atoms with van der Waals surface area (Å²) in [4.78, 5) is 11.8. The first-order valence-corrected chi connectivity index (χ1v) is 7.67.